The summed E-state index contributed by atoms with van der Waals surface area (Å²) in [7, 11) is 0. The normalized spacial score (nSPS) is 10.5. The van der Waals surface area contributed by atoms with E-state index in [1.807, 2.05) is 30.3 Å². The highest BCUT2D eigenvalue weighted by Gasteiger charge is 1.97. The van der Waals surface area contributed by atoms with Gasteiger partial charge >= 0.3 is 0 Å². The standard InChI is InChI=1S/C8H13N5/c9-12-11-6-7-13(10)8-4-2-1-3-5-8/h1-5H,6-7,10H2,(H2,9,11). The molecule has 1 aromatic carbocycles. The number of benzene rings is 1. The summed E-state index contributed by atoms with van der Waals surface area (Å²) in [5.41, 5.74) is 0.953. The van der Waals surface area contributed by atoms with Crippen LogP contribution < -0.4 is 16.7 Å². The number of hydrogen-bond donors (Lipinski definition) is 2. The first-order valence-electron chi connectivity index (χ1n) is 3.98. The van der Waals surface area contributed by atoms with E-state index in [9.17, 15) is 0 Å². The van der Waals surface area contributed by atoms with Crippen molar-refractivity contribution in [1.29, 1.82) is 0 Å². The maximum Gasteiger partial charge on any atom is 0.0811 e. The Morgan fingerprint density at radius 1 is 1.23 bits per heavy atom. The predicted molar refractivity (Wildman–Crippen MR) is 51.9 cm³/mol. The van der Waals surface area contributed by atoms with Crippen LogP contribution in [0.4, 0.5) is 5.69 Å². The van der Waals surface area contributed by atoms with E-state index >= 15 is 0 Å². The summed E-state index contributed by atoms with van der Waals surface area (Å²) in [6.45, 7) is 1.10. The second kappa shape index (κ2) is 5.10. The van der Waals surface area contributed by atoms with Gasteiger partial charge in [-0.3, -0.25) is 0 Å². The monoisotopic (exact) mass is 179 g/mol. The highest BCUT2D eigenvalue weighted by Crippen LogP contribution is 2.08. The molecule has 0 saturated heterocycles. The summed E-state index contributed by atoms with van der Waals surface area (Å²) in [5, 5.41) is 8.37. The van der Waals surface area contributed by atoms with E-state index < -0.39 is 0 Å². The molecule has 5 heteroatoms. The summed E-state index contributed by atoms with van der Waals surface area (Å²) in [5.74, 6) is 10.6. The maximum absolute atomic E-state index is 5.73. The molecule has 0 unspecified atom stereocenters. The van der Waals surface area contributed by atoms with Crippen molar-refractivity contribution in [2.24, 2.45) is 22.0 Å². The van der Waals surface area contributed by atoms with Gasteiger partial charge in [0.05, 0.1) is 18.8 Å². The van der Waals surface area contributed by atoms with Crippen molar-refractivity contribution in [1.82, 2.24) is 0 Å². The molecule has 0 fully saturated rings. The van der Waals surface area contributed by atoms with Gasteiger partial charge in [0.15, 0.2) is 0 Å². The summed E-state index contributed by atoms with van der Waals surface area (Å²) in [6.07, 6.45) is 0. The van der Waals surface area contributed by atoms with E-state index in [2.05, 4.69) is 10.3 Å². The molecule has 5 nitrogen and oxygen atoms in total. The van der Waals surface area contributed by atoms with Crippen molar-refractivity contribution in [2.45, 2.75) is 0 Å². The Kier molecular flexibility index (Phi) is 3.72. The van der Waals surface area contributed by atoms with Crippen LogP contribution in [0.5, 0.6) is 0 Å². The number of anilines is 1. The van der Waals surface area contributed by atoms with E-state index in [4.69, 9.17) is 11.7 Å². The van der Waals surface area contributed by atoms with E-state index in [-0.39, 0.29) is 0 Å². The molecule has 13 heavy (non-hydrogen) atoms. The molecule has 0 spiro atoms. The number of rotatable bonds is 4. The molecule has 0 aliphatic heterocycles. The fourth-order valence-corrected chi connectivity index (χ4v) is 0.959. The zero-order chi connectivity index (χ0) is 9.52. The van der Waals surface area contributed by atoms with Gasteiger partial charge in [-0.05, 0) is 12.1 Å². The smallest absolute Gasteiger partial charge is 0.0811 e. The lowest BCUT2D eigenvalue weighted by atomic mass is 10.3. The van der Waals surface area contributed by atoms with Gasteiger partial charge in [0, 0.05) is 0 Å². The second-order valence-electron chi connectivity index (χ2n) is 2.51. The zero-order valence-corrected chi connectivity index (χ0v) is 7.30. The number of nitrogens with two attached hydrogens (primary N) is 2. The van der Waals surface area contributed by atoms with Gasteiger partial charge in [-0.2, -0.15) is 5.11 Å². The lowest BCUT2D eigenvalue weighted by molar-refractivity contribution is 0.791. The number of hydrogen-bond acceptors (Lipinski definition) is 4. The molecule has 0 aromatic heterocycles. The fourth-order valence-electron chi connectivity index (χ4n) is 0.959. The van der Waals surface area contributed by atoms with Gasteiger partial charge in [-0.1, -0.05) is 23.4 Å². The van der Waals surface area contributed by atoms with Gasteiger partial charge in [0.25, 0.3) is 0 Å². The average molecular weight is 179 g/mol. The Bertz CT molecular complexity index is 258. The molecule has 0 amide bonds. The molecule has 0 radical (unpaired) electrons. The van der Waals surface area contributed by atoms with Crippen LogP contribution in [-0.2, 0) is 0 Å². The number of hydrazine groups is 1. The van der Waals surface area contributed by atoms with Gasteiger partial charge in [0.1, 0.15) is 0 Å². The van der Waals surface area contributed by atoms with Crippen molar-refractivity contribution in [3.8, 4) is 0 Å². The largest absolute Gasteiger partial charge is 0.309 e. The fraction of sp³-hybridized carbons (Fsp3) is 0.250. The minimum Gasteiger partial charge on any atom is -0.309 e. The van der Waals surface area contributed by atoms with Gasteiger partial charge in [-0.15, -0.1) is 0 Å². The van der Waals surface area contributed by atoms with Crippen molar-refractivity contribution < 1.29 is 0 Å². The first-order chi connectivity index (χ1) is 6.34. The molecule has 1 aromatic rings. The van der Waals surface area contributed by atoms with Gasteiger partial charge in [-0.25, -0.2) is 5.84 Å². The van der Waals surface area contributed by atoms with Crippen molar-refractivity contribution in [3.63, 3.8) is 0 Å². The third-order valence-electron chi connectivity index (χ3n) is 1.61. The zero-order valence-electron chi connectivity index (χ0n) is 7.30. The highest BCUT2D eigenvalue weighted by molar-refractivity contribution is 5.44. The molecule has 0 heterocycles. The quantitative estimate of drug-likeness (QED) is 0.405. The Balaban J connectivity index is 2.44. The van der Waals surface area contributed by atoms with Crippen LogP contribution in [0.3, 0.4) is 0 Å². The van der Waals surface area contributed by atoms with Crippen LogP contribution in [-0.4, -0.2) is 13.1 Å². The van der Waals surface area contributed by atoms with Crippen molar-refractivity contribution in [3.05, 3.63) is 30.3 Å². The lowest BCUT2D eigenvalue weighted by Crippen LogP contribution is -2.33. The minimum absolute atomic E-state index is 0.502. The number of nitrogens with zero attached hydrogens (tertiary/aromatic N) is 3. The van der Waals surface area contributed by atoms with Crippen LogP contribution in [0, 0.1) is 0 Å². The van der Waals surface area contributed by atoms with E-state index in [1.165, 1.54) is 0 Å². The Morgan fingerprint density at radius 2 is 1.92 bits per heavy atom. The first-order valence-corrected chi connectivity index (χ1v) is 3.98. The summed E-state index contributed by atoms with van der Waals surface area (Å²) < 4.78 is 0. The predicted octanol–water partition coefficient (Wildman–Crippen LogP) is 0.693. The third kappa shape index (κ3) is 3.08. The third-order valence-corrected chi connectivity index (χ3v) is 1.61. The van der Waals surface area contributed by atoms with Crippen molar-refractivity contribution in [2.75, 3.05) is 18.1 Å². The van der Waals surface area contributed by atoms with Gasteiger partial charge in [0.2, 0.25) is 0 Å². The molecule has 1 rings (SSSR count). The molecular formula is C8H13N5. The van der Waals surface area contributed by atoms with Crippen LogP contribution in [0.1, 0.15) is 0 Å². The maximum atomic E-state index is 5.73. The molecule has 0 saturated carbocycles. The highest BCUT2D eigenvalue weighted by atomic mass is 15.4. The van der Waals surface area contributed by atoms with Crippen LogP contribution in [0.25, 0.3) is 0 Å². The molecule has 70 valence electrons. The van der Waals surface area contributed by atoms with Crippen LogP contribution >= 0.6 is 0 Å². The minimum atomic E-state index is 0.502. The molecule has 0 aliphatic rings. The average Bonchev–Trinajstić information content (AvgIpc) is 2.19. The van der Waals surface area contributed by atoms with Crippen molar-refractivity contribution >= 4 is 5.69 Å². The topological polar surface area (TPSA) is 80.0 Å². The Morgan fingerprint density at radius 3 is 2.54 bits per heavy atom. The second-order valence-corrected chi connectivity index (χ2v) is 2.51. The Labute approximate surface area is 77.0 Å². The van der Waals surface area contributed by atoms with Crippen LogP contribution in [0.15, 0.2) is 40.7 Å². The lowest BCUT2D eigenvalue weighted by Gasteiger charge is -2.16. The molecule has 0 aliphatic carbocycles. The van der Waals surface area contributed by atoms with Crippen LogP contribution in [0.2, 0.25) is 0 Å². The number of para-hydroxylation sites is 1. The SMILES string of the molecule is NN=NCCN(N)c1ccccc1. The van der Waals surface area contributed by atoms with E-state index in [0.29, 0.717) is 13.1 Å². The summed E-state index contributed by atoms with van der Waals surface area (Å²) in [6, 6.07) is 9.66. The summed E-state index contributed by atoms with van der Waals surface area (Å²) >= 11 is 0. The van der Waals surface area contributed by atoms with E-state index in [0.717, 1.165) is 5.69 Å². The molecular weight excluding hydrogens is 166 g/mol. The summed E-state index contributed by atoms with van der Waals surface area (Å²) in [4.78, 5) is 0. The van der Waals surface area contributed by atoms with E-state index in [1.54, 1.807) is 5.01 Å². The Hall–Kier alpha value is -1.62. The molecule has 4 N–H and O–H groups in total. The van der Waals surface area contributed by atoms with Gasteiger partial charge < -0.3 is 10.9 Å². The molecule has 0 atom stereocenters. The first kappa shape index (κ1) is 9.47. The molecule has 0 bridgehead atoms.